The Kier molecular flexibility index (Phi) is 4.70. The van der Waals surface area contributed by atoms with Gasteiger partial charge >= 0.3 is 6.18 Å². The fraction of sp³-hybridized carbons (Fsp3) is 0.143. The first-order chi connectivity index (χ1) is 13.8. The van der Waals surface area contributed by atoms with Gasteiger partial charge in [0, 0.05) is 29.2 Å². The monoisotopic (exact) mass is 400 g/mol. The Bertz CT molecular complexity index is 1180. The minimum atomic E-state index is -4.46. The van der Waals surface area contributed by atoms with Gasteiger partial charge in [0.15, 0.2) is 5.82 Å². The molecule has 0 unspecified atom stereocenters. The summed E-state index contributed by atoms with van der Waals surface area (Å²) < 4.78 is 54.3. The molecule has 2 N–H and O–H groups in total. The third-order valence-corrected chi connectivity index (χ3v) is 4.51. The normalized spacial score (nSPS) is 11.8. The number of halogens is 4. The van der Waals surface area contributed by atoms with E-state index in [1.165, 1.54) is 30.5 Å². The summed E-state index contributed by atoms with van der Waals surface area (Å²) in [6, 6.07) is 11.9. The number of aryl methyl sites for hydroxylation is 1. The molecule has 4 rings (SSSR count). The number of alkyl halides is 3. The number of aromatic amines is 1. The minimum Gasteiger partial charge on any atom is -0.359 e. The van der Waals surface area contributed by atoms with Crippen LogP contribution < -0.4 is 5.32 Å². The number of aromatic nitrogens is 3. The van der Waals surface area contributed by atoms with Crippen LogP contribution in [-0.4, -0.2) is 15.0 Å². The van der Waals surface area contributed by atoms with Crippen molar-refractivity contribution in [2.45, 2.75) is 19.5 Å². The lowest BCUT2D eigenvalue weighted by Crippen LogP contribution is -2.10. The highest BCUT2D eigenvalue weighted by Crippen LogP contribution is 2.33. The third-order valence-electron chi connectivity index (χ3n) is 4.51. The van der Waals surface area contributed by atoms with Gasteiger partial charge in [-0.2, -0.15) is 13.2 Å². The zero-order valence-corrected chi connectivity index (χ0v) is 15.3. The number of nitrogens with zero attached hydrogens (tertiary/aromatic N) is 2. The number of nitrogens with one attached hydrogen (secondary N) is 2. The van der Waals surface area contributed by atoms with Crippen LogP contribution in [0.2, 0.25) is 0 Å². The van der Waals surface area contributed by atoms with Crippen molar-refractivity contribution in [3.05, 3.63) is 83.2 Å². The number of fused-ring (bicyclic) bond motifs is 1. The zero-order valence-electron chi connectivity index (χ0n) is 15.3. The van der Waals surface area contributed by atoms with E-state index in [-0.39, 0.29) is 23.5 Å². The van der Waals surface area contributed by atoms with Gasteiger partial charge in [-0.15, -0.1) is 0 Å². The molecule has 2 aromatic heterocycles. The highest BCUT2D eigenvalue weighted by Gasteiger charge is 2.33. The highest BCUT2D eigenvalue weighted by atomic mass is 19.4. The first kappa shape index (κ1) is 18.9. The van der Waals surface area contributed by atoms with E-state index in [2.05, 4.69) is 20.3 Å². The van der Waals surface area contributed by atoms with E-state index in [1.807, 2.05) is 6.92 Å². The van der Waals surface area contributed by atoms with Crippen molar-refractivity contribution in [3.63, 3.8) is 0 Å². The summed E-state index contributed by atoms with van der Waals surface area (Å²) in [5.41, 5.74) is 1.09. The Balaban J connectivity index is 1.61. The molecule has 0 aliphatic rings. The lowest BCUT2D eigenvalue weighted by atomic mass is 10.0. The van der Waals surface area contributed by atoms with Crippen LogP contribution in [0.4, 0.5) is 29.1 Å². The summed E-state index contributed by atoms with van der Waals surface area (Å²) in [5.74, 6) is 0.0603. The Hall–Kier alpha value is -3.42. The molecule has 4 aromatic rings. The van der Waals surface area contributed by atoms with Gasteiger partial charge in [-0.3, -0.25) is 0 Å². The SMILES string of the molecule is Cc1cc2c(F)c(Nc3ccnc(Cc4ccccc4C(F)(F)F)n3)ccc2[nH]1. The van der Waals surface area contributed by atoms with Gasteiger partial charge in [0.1, 0.15) is 11.6 Å². The molecule has 0 aliphatic heterocycles. The van der Waals surface area contributed by atoms with E-state index in [1.54, 1.807) is 18.2 Å². The molecule has 148 valence electrons. The molecule has 0 amide bonds. The molecular formula is C21H16F4N4. The smallest absolute Gasteiger partial charge is 0.359 e. The molecule has 0 fully saturated rings. The fourth-order valence-electron chi connectivity index (χ4n) is 3.22. The second-order valence-corrected chi connectivity index (χ2v) is 6.66. The van der Waals surface area contributed by atoms with Crippen molar-refractivity contribution < 1.29 is 17.6 Å². The summed E-state index contributed by atoms with van der Waals surface area (Å²) in [7, 11) is 0. The van der Waals surface area contributed by atoms with Gasteiger partial charge in [0.2, 0.25) is 0 Å². The van der Waals surface area contributed by atoms with Gasteiger partial charge < -0.3 is 10.3 Å². The predicted octanol–water partition coefficient (Wildman–Crippen LogP) is 5.76. The topological polar surface area (TPSA) is 53.6 Å². The van der Waals surface area contributed by atoms with Crippen molar-refractivity contribution in [1.82, 2.24) is 15.0 Å². The van der Waals surface area contributed by atoms with Crippen molar-refractivity contribution in [3.8, 4) is 0 Å². The maximum Gasteiger partial charge on any atom is 0.416 e. The van der Waals surface area contributed by atoms with Crippen molar-refractivity contribution in [2.24, 2.45) is 0 Å². The number of hydrogen-bond acceptors (Lipinski definition) is 3. The molecule has 8 heteroatoms. The molecular weight excluding hydrogens is 384 g/mol. The second kappa shape index (κ2) is 7.20. The molecule has 0 saturated heterocycles. The van der Waals surface area contributed by atoms with E-state index < -0.39 is 17.6 Å². The Morgan fingerprint density at radius 1 is 1.07 bits per heavy atom. The summed E-state index contributed by atoms with van der Waals surface area (Å²) in [4.78, 5) is 11.4. The van der Waals surface area contributed by atoms with Crippen molar-refractivity contribution in [1.29, 1.82) is 0 Å². The van der Waals surface area contributed by atoms with Crippen LogP contribution in [0, 0.1) is 12.7 Å². The van der Waals surface area contributed by atoms with Gasteiger partial charge in [-0.05, 0) is 42.8 Å². The first-order valence-corrected chi connectivity index (χ1v) is 8.83. The lowest BCUT2D eigenvalue weighted by Gasteiger charge is -2.12. The van der Waals surface area contributed by atoms with E-state index >= 15 is 0 Å². The predicted molar refractivity (Wildman–Crippen MR) is 103 cm³/mol. The molecule has 4 nitrogen and oxygen atoms in total. The second-order valence-electron chi connectivity index (χ2n) is 6.66. The molecule has 0 saturated carbocycles. The lowest BCUT2D eigenvalue weighted by molar-refractivity contribution is -0.138. The average Bonchev–Trinajstić information content (AvgIpc) is 3.05. The summed E-state index contributed by atoms with van der Waals surface area (Å²) in [5, 5.41) is 3.33. The number of hydrogen-bond donors (Lipinski definition) is 2. The average molecular weight is 400 g/mol. The summed E-state index contributed by atoms with van der Waals surface area (Å²) in [6.07, 6.45) is -3.12. The van der Waals surface area contributed by atoms with E-state index in [0.717, 1.165) is 11.8 Å². The van der Waals surface area contributed by atoms with Gasteiger partial charge in [0.05, 0.1) is 11.3 Å². The third kappa shape index (κ3) is 3.91. The molecule has 0 spiro atoms. The van der Waals surface area contributed by atoms with Gasteiger partial charge in [0.25, 0.3) is 0 Å². The molecule has 0 bridgehead atoms. The number of anilines is 2. The van der Waals surface area contributed by atoms with Gasteiger partial charge in [-0.1, -0.05) is 18.2 Å². The molecule has 2 aromatic carbocycles. The van der Waals surface area contributed by atoms with E-state index in [4.69, 9.17) is 0 Å². The highest BCUT2D eigenvalue weighted by molar-refractivity contribution is 5.85. The van der Waals surface area contributed by atoms with Crippen molar-refractivity contribution >= 4 is 22.4 Å². The summed E-state index contributed by atoms with van der Waals surface area (Å²) >= 11 is 0. The molecule has 2 heterocycles. The Labute approximate surface area is 163 Å². The number of H-pyrrole nitrogens is 1. The van der Waals surface area contributed by atoms with Crippen LogP contribution in [0.15, 0.2) is 54.7 Å². The maximum absolute atomic E-state index is 14.7. The number of benzene rings is 2. The quantitative estimate of drug-likeness (QED) is 0.428. The fourth-order valence-corrected chi connectivity index (χ4v) is 3.22. The maximum atomic E-state index is 14.7. The number of rotatable bonds is 4. The molecule has 0 aliphatic carbocycles. The molecule has 0 radical (unpaired) electrons. The standard InChI is InChI=1S/C21H16F4N4/c1-12-10-14-16(27-12)6-7-17(20(14)22)28-18-8-9-26-19(29-18)11-13-4-2-3-5-15(13)21(23,24)25/h2-10,27H,11H2,1H3,(H,26,28,29). The van der Waals surface area contributed by atoms with Crippen LogP contribution in [-0.2, 0) is 12.6 Å². The van der Waals surface area contributed by atoms with Crippen molar-refractivity contribution in [2.75, 3.05) is 5.32 Å². The van der Waals surface area contributed by atoms with Crippen LogP contribution in [0.5, 0.6) is 0 Å². The van der Waals surface area contributed by atoms with E-state index in [0.29, 0.717) is 16.7 Å². The molecule has 29 heavy (non-hydrogen) atoms. The van der Waals surface area contributed by atoms with Crippen LogP contribution in [0.3, 0.4) is 0 Å². The zero-order chi connectivity index (χ0) is 20.6. The van der Waals surface area contributed by atoms with Gasteiger partial charge in [-0.25, -0.2) is 14.4 Å². The van der Waals surface area contributed by atoms with Crippen LogP contribution >= 0.6 is 0 Å². The molecule has 0 atom stereocenters. The largest absolute Gasteiger partial charge is 0.416 e. The Morgan fingerprint density at radius 3 is 2.66 bits per heavy atom. The minimum absolute atomic E-state index is 0.0764. The first-order valence-electron chi connectivity index (χ1n) is 8.83. The Morgan fingerprint density at radius 2 is 1.86 bits per heavy atom. The van der Waals surface area contributed by atoms with Crippen LogP contribution in [0.25, 0.3) is 10.9 Å². The summed E-state index contributed by atoms with van der Waals surface area (Å²) in [6.45, 7) is 1.84. The van der Waals surface area contributed by atoms with E-state index in [9.17, 15) is 17.6 Å². The van der Waals surface area contributed by atoms with Crippen LogP contribution in [0.1, 0.15) is 22.6 Å².